The number of rotatable bonds is 7. The van der Waals surface area contributed by atoms with Gasteiger partial charge in [-0.2, -0.15) is 0 Å². The van der Waals surface area contributed by atoms with Gasteiger partial charge in [-0.1, -0.05) is 67.6 Å². The number of carbonyl (C=O) groups is 1. The van der Waals surface area contributed by atoms with Crippen molar-refractivity contribution < 1.29 is 4.79 Å². The molecule has 1 aliphatic rings. The van der Waals surface area contributed by atoms with Gasteiger partial charge in [-0.25, -0.2) is 0 Å². The number of amides is 1. The number of carbonyl (C=O) groups excluding carboxylic acids is 1. The highest BCUT2D eigenvalue weighted by Gasteiger charge is 2.28. The average Bonchev–Trinajstić information content (AvgIpc) is 2.58. The highest BCUT2D eigenvalue weighted by atomic mass is 16.1. The maximum atomic E-state index is 12.3. The second-order valence-corrected chi connectivity index (χ2v) is 6.66. The lowest BCUT2D eigenvalue weighted by Crippen LogP contribution is -2.49. The first-order valence-corrected chi connectivity index (χ1v) is 8.84. The van der Waals surface area contributed by atoms with Gasteiger partial charge in [-0.05, 0) is 36.6 Å². The zero-order valence-corrected chi connectivity index (χ0v) is 14.2. The molecule has 3 heteroatoms. The van der Waals surface area contributed by atoms with E-state index in [9.17, 15) is 4.79 Å². The fourth-order valence-electron chi connectivity index (χ4n) is 3.28. The zero-order chi connectivity index (χ0) is 16.8. The standard InChI is InChI=1S/C21H26N2O/c1-16(19-14-22-15-19)21(24)23-13-12-20(17-8-4-2-5-9-17)18-10-6-3-7-11-18/h2-11,16,19-20,22H,12-15H2,1H3,(H,23,24). The van der Waals surface area contributed by atoms with E-state index in [1.165, 1.54) is 11.1 Å². The fourth-order valence-corrected chi connectivity index (χ4v) is 3.28. The number of hydrogen-bond donors (Lipinski definition) is 2. The van der Waals surface area contributed by atoms with Crippen molar-refractivity contribution in [2.24, 2.45) is 11.8 Å². The molecule has 0 radical (unpaired) electrons. The predicted octanol–water partition coefficient (Wildman–Crippen LogP) is 3.18. The summed E-state index contributed by atoms with van der Waals surface area (Å²) in [5.41, 5.74) is 2.60. The molecule has 126 valence electrons. The Morgan fingerprint density at radius 1 is 1.04 bits per heavy atom. The van der Waals surface area contributed by atoms with E-state index in [1.807, 2.05) is 19.1 Å². The molecule has 0 saturated carbocycles. The van der Waals surface area contributed by atoms with Crippen LogP contribution in [0.15, 0.2) is 60.7 Å². The number of nitrogens with one attached hydrogen (secondary N) is 2. The van der Waals surface area contributed by atoms with Crippen LogP contribution in [0.25, 0.3) is 0 Å². The van der Waals surface area contributed by atoms with E-state index in [-0.39, 0.29) is 11.8 Å². The van der Waals surface area contributed by atoms with Gasteiger partial charge in [0.15, 0.2) is 0 Å². The third kappa shape index (κ3) is 4.04. The summed E-state index contributed by atoms with van der Waals surface area (Å²) >= 11 is 0. The van der Waals surface area contributed by atoms with E-state index in [2.05, 4.69) is 59.2 Å². The first-order valence-electron chi connectivity index (χ1n) is 8.84. The summed E-state index contributed by atoms with van der Waals surface area (Å²) in [6.45, 7) is 4.67. The molecule has 2 aromatic rings. The van der Waals surface area contributed by atoms with E-state index in [0.29, 0.717) is 18.4 Å². The first kappa shape index (κ1) is 16.7. The number of benzene rings is 2. The van der Waals surface area contributed by atoms with Crippen molar-refractivity contribution in [2.75, 3.05) is 19.6 Å². The van der Waals surface area contributed by atoms with Crippen LogP contribution in [-0.2, 0) is 4.79 Å². The Hall–Kier alpha value is -2.13. The van der Waals surface area contributed by atoms with Crippen LogP contribution >= 0.6 is 0 Å². The minimum Gasteiger partial charge on any atom is -0.356 e. The van der Waals surface area contributed by atoms with E-state index < -0.39 is 0 Å². The van der Waals surface area contributed by atoms with Gasteiger partial charge in [0.05, 0.1) is 0 Å². The Balaban J connectivity index is 1.61. The Morgan fingerprint density at radius 3 is 2.04 bits per heavy atom. The molecule has 1 amide bonds. The van der Waals surface area contributed by atoms with Crippen molar-refractivity contribution in [3.8, 4) is 0 Å². The average molecular weight is 322 g/mol. The number of hydrogen-bond acceptors (Lipinski definition) is 2. The molecule has 1 atom stereocenters. The zero-order valence-electron chi connectivity index (χ0n) is 14.2. The Kier molecular flexibility index (Phi) is 5.65. The molecule has 1 fully saturated rings. The van der Waals surface area contributed by atoms with Gasteiger partial charge in [-0.15, -0.1) is 0 Å². The lowest BCUT2D eigenvalue weighted by Gasteiger charge is -2.31. The van der Waals surface area contributed by atoms with Crippen LogP contribution < -0.4 is 10.6 Å². The van der Waals surface area contributed by atoms with Gasteiger partial charge in [0, 0.05) is 18.4 Å². The largest absolute Gasteiger partial charge is 0.356 e. The topological polar surface area (TPSA) is 41.1 Å². The van der Waals surface area contributed by atoms with Crippen LogP contribution in [0, 0.1) is 11.8 Å². The smallest absolute Gasteiger partial charge is 0.223 e. The highest BCUT2D eigenvalue weighted by Crippen LogP contribution is 2.27. The SMILES string of the molecule is CC(C(=O)NCCC(c1ccccc1)c1ccccc1)C1CNC1. The van der Waals surface area contributed by atoms with E-state index in [0.717, 1.165) is 19.5 Å². The predicted molar refractivity (Wildman–Crippen MR) is 97.9 cm³/mol. The van der Waals surface area contributed by atoms with Crippen molar-refractivity contribution in [3.05, 3.63) is 71.8 Å². The van der Waals surface area contributed by atoms with E-state index in [4.69, 9.17) is 0 Å². The summed E-state index contributed by atoms with van der Waals surface area (Å²) in [5.74, 6) is 1.08. The lowest BCUT2D eigenvalue weighted by atomic mass is 9.87. The molecule has 2 aromatic carbocycles. The van der Waals surface area contributed by atoms with Crippen molar-refractivity contribution in [1.82, 2.24) is 10.6 Å². The van der Waals surface area contributed by atoms with Gasteiger partial charge in [-0.3, -0.25) is 4.79 Å². The highest BCUT2D eigenvalue weighted by molar-refractivity contribution is 5.78. The first-order chi connectivity index (χ1) is 11.8. The van der Waals surface area contributed by atoms with Crippen LogP contribution in [-0.4, -0.2) is 25.5 Å². The van der Waals surface area contributed by atoms with Crippen LogP contribution in [0.1, 0.15) is 30.4 Å². The van der Waals surface area contributed by atoms with Crippen molar-refractivity contribution in [1.29, 1.82) is 0 Å². The molecule has 0 aliphatic carbocycles. The second-order valence-electron chi connectivity index (χ2n) is 6.66. The maximum Gasteiger partial charge on any atom is 0.223 e. The normalized spacial score (nSPS) is 15.8. The fraction of sp³-hybridized carbons (Fsp3) is 0.381. The van der Waals surface area contributed by atoms with Crippen LogP contribution in [0.4, 0.5) is 0 Å². The van der Waals surface area contributed by atoms with Gasteiger partial charge >= 0.3 is 0 Å². The summed E-state index contributed by atoms with van der Waals surface area (Å²) in [4.78, 5) is 12.3. The van der Waals surface area contributed by atoms with Crippen LogP contribution in [0.2, 0.25) is 0 Å². The molecule has 1 heterocycles. The Morgan fingerprint density at radius 2 is 1.58 bits per heavy atom. The summed E-state index contributed by atoms with van der Waals surface area (Å²) in [5, 5.41) is 6.37. The quantitative estimate of drug-likeness (QED) is 0.822. The third-order valence-corrected chi connectivity index (χ3v) is 5.07. The lowest BCUT2D eigenvalue weighted by molar-refractivity contribution is -0.126. The van der Waals surface area contributed by atoms with Crippen molar-refractivity contribution in [3.63, 3.8) is 0 Å². The van der Waals surface area contributed by atoms with E-state index in [1.54, 1.807) is 0 Å². The molecule has 0 aromatic heterocycles. The summed E-state index contributed by atoms with van der Waals surface area (Å²) in [6.07, 6.45) is 0.912. The van der Waals surface area contributed by atoms with Gasteiger partial charge in [0.25, 0.3) is 0 Å². The summed E-state index contributed by atoms with van der Waals surface area (Å²) in [7, 11) is 0. The monoisotopic (exact) mass is 322 g/mol. The van der Waals surface area contributed by atoms with Gasteiger partial charge < -0.3 is 10.6 Å². The van der Waals surface area contributed by atoms with Crippen LogP contribution in [0.3, 0.4) is 0 Å². The van der Waals surface area contributed by atoms with Gasteiger partial charge in [0.1, 0.15) is 0 Å². The molecule has 24 heavy (non-hydrogen) atoms. The van der Waals surface area contributed by atoms with Gasteiger partial charge in [0.2, 0.25) is 5.91 Å². The molecule has 1 aliphatic heterocycles. The molecule has 0 spiro atoms. The Labute approximate surface area is 144 Å². The summed E-state index contributed by atoms with van der Waals surface area (Å²) in [6, 6.07) is 21.1. The molecule has 1 unspecified atom stereocenters. The molecule has 3 nitrogen and oxygen atoms in total. The maximum absolute atomic E-state index is 12.3. The second kappa shape index (κ2) is 8.11. The molecular formula is C21H26N2O. The molecular weight excluding hydrogens is 296 g/mol. The van der Waals surface area contributed by atoms with Crippen LogP contribution in [0.5, 0.6) is 0 Å². The molecule has 2 N–H and O–H groups in total. The molecule has 3 rings (SSSR count). The minimum absolute atomic E-state index is 0.0955. The van der Waals surface area contributed by atoms with E-state index >= 15 is 0 Å². The van der Waals surface area contributed by atoms with Crippen molar-refractivity contribution >= 4 is 5.91 Å². The van der Waals surface area contributed by atoms with Crippen molar-refractivity contribution in [2.45, 2.75) is 19.3 Å². The summed E-state index contributed by atoms with van der Waals surface area (Å²) < 4.78 is 0. The molecule has 1 saturated heterocycles. The third-order valence-electron chi connectivity index (χ3n) is 5.07. The minimum atomic E-state index is 0.0955. The molecule has 0 bridgehead atoms. The Bertz CT molecular complexity index is 598.